The van der Waals surface area contributed by atoms with E-state index in [1.807, 2.05) is 45.0 Å². The van der Waals surface area contributed by atoms with Gasteiger partial charge in [0.2, 0.25) is 15.9 Å². The number of rotatable bonds is 9. The summed E-state index contributed by atoms with van der Waals surface area (Å²) in [6, 6.07) is 16.5. The second-order valence-corrected chi connectivity index (χ2v) is 9.12. The van der Waals surface area contributed by atoms with Crippen molar-refractivity contribution in [3.63, 3.8) is 0 Å². The minimum absolute atomic E-state index is 0.0549. The van der Waals surface area contributed by atoms with Gasteiger partial charge in [0.15, 0.2) is 0 Å². The maximum absolute atomic E-state index is 12.9. The molecule has 2 aromatic carbocycles. The van der Waals surface area contributed by atoms with Crippen molar-refractivity contribution in [2.75, 3.05) is 10.6 Å². The van der Waals surface area contributed by atoms with Gasteiger partial charge in [0.05, 0.1) is 11.9 Å². The van der Waals surface area contributed by atoms with Crippen LogP contribution in [0.4, 0.5) is 5.69 Å². The van der Waals surface area contributed by atoms with E-state index in [1.165, 1.54) is 9.87 Å². The maximum atomic E-state index is 12.9. The highest BCUT2D eigenvalue weighted by atomic mass is 32.2. The first-order chi connectivity index (χ1) is 13.2. The Morgan fingerprint density at radius 2 is 1.79 bits per heavy atom. The van der Waals surface area contributed by atoms with Gasteiger partial charge in [-0.3, -0.25) is 9.10 Å². The first-order valence-corrected chi connectivity index (χ1v) is 11.5. The topological polar surface area (TPSA) is 66.5 Å². The summed E-state index contributed by atoms with van der Waals surface area (Å²) in [7, 11) is -3.61. The Morgan fingerprint density at radius 3 is 2.36 bits per heavy atom. The van der Waals surface area contributed by atoms with Crippen molar-refractivity contribution in [3.05, 3.63) is 65.7 Å². The molecule has 6 heteroatoms. The molecule has 0 aliphatic carbocycles. The molecule has 0 fully saturated rings. The molecule has 5 nitrogen and oxygen atoms in total. The third-order valence-corrected chi connectivity index (χ3v) is 5.86. The van der Waals surface area contributed by atoms with E-state index in [0.717, 1.165) is 24.7 Å². The van der Waals surface area contributed by atoms with E-state index in [2.05, 4.69) is 17.4 Å². The first-order valence-electron chi connectivity index (χ1n) is 9.62. The van der Waals surface area contributed by atoms with Crippen LogP contribution >= 0.6 is 0 Å². The SMILES string of the molecule is CC[C@H](C(=O)N[C@@H](C)CCc1ccccc1)N(c1cccc(C)c1)S(C)(=O)=O. The second kappa shape index (κ2) is 9.73. The monoisotopic (exact) mass is 402 g/mol. The molecule has 0 saturated heterocycles. The lowest BCUT2D eigenvalue weighted by Gasteiger charge is -2.31. The van der Waals surface area contributed by atoms with Crippen molar-refractivity contribution in [1.82, 2.24) is 5.32 Å². The molecule has 2 aromatic rings. The molecule has 0 aromatic heterocycles. The van der Waals surface area contributed by atoms with Gasteiger partial charge in [-0.1, -0.05) is 49.4 Å². The van der Waals surface area contributed by atoms with Crippen LogP contribution in [0.3, 0.4) is 0 Å². The zero-order valence-electron chi connectivity index (χ0n) is 17.1. The first kappa shape index (κ1) is 22.0. The van der Waals surface area contributed by atoms with Crippen LogP contribution in [0.5, 0.6) is 0 Å². The lowest BCUT2D eigenvalue weighted by Crippen LogP contribution is -2.51. The third kappa shape index (κ3) is 6.09. The molecule has 0 radical (unpaired) electrons. The van der Waals surface area contributed by atoms with Crippen molar-refractivity contribution in [3.8, 4) is 0 Å². The highest BCUT2D eigenvalue weighted by Gasteiger charge is 2.32. The summed E-state index contributed by atoms with van der Waals surface area (Å²) in [4.78, 5) is 12.9. The largest absolute Gasteiger partial charge is 0.352 e. The Morgan fingerprint density at radius 1 is 1.11 bits per heavy atom. The van der Waals surface area contributed by atoms with Crippen LogP contribution in [0.1, 0.15) is 37.8 Å². The molecular formula is C22H30N2O3S. The minimum atomic E-state index is -3.61. The maximum Gasteiger partial charge on any atom is 0.244 e. The highest BCUT2D eigenvalue weighted by molar-refractivity contribution is 7.92. The van der Waals surface area contributed by atoms with Crippen LogP contribution < -0.4 is 9.62 Å². The van der Waals surface area contributed by atoms with E-state index < -0.39 is 16.1 Å². The predicted octanol–water partition coefficient (Wildman–Crippen LogP) is 3.68. The summed E-state index contributed by atoms with van der Waals surface area (Å²) >= 11 is 0. The van der Waals surface area contributed by atoms with Crippen LogP contribution in [0, 0.1) is 6.92 Å². The number of nitrogens with zero attached hydrogens (tertiary/aromatic N) is 1. The van der Waals surface area contributed by atoms with Crippen molar-refractivity contribution < 1.29 is 13.2 Å². The quantitative estimate of drug-likeness (QED) is 0.696. The van der Waals surface area contributed by atoms with Gasteiger partial charge in [-0.2, -0.15) is 0 Å². The van der Waals surface area contributed by atoms with Crippen LogP contribution in [-0.2, 0) is 21.2 Å². The molecule has 2 atom stereocenters. The van der Waals surface area contributed by atoms with Gasteiger partial charge in [-0.15, -0.1) is 0 Å². The van der Waals surface area contributed by atoms with E-state index in [4.69, 9.17) is 0 Å². The smallest absolute Gasteiger partial charge is 0.244 e. The predicted molar refractivity (Wildman–Crippen MR) is 115 cm³/mol. The lowest BCUT2D eigenvalue weighted by molar-refractivity contribution is -0.122. The van der Waals surface area contributed by atoms with Crippen LogP contribution in [0.2, 0.25) is 0 Å². The normalized spacial score (nSPS) is 13.6. The molecule has 0 spiro atoms. The summed E-state index contributed by atoms with van der Waals surface area (Å²) < 4.78 is 26.2. The van der Waals surface area contributed by atoms with Crippen molar-refractivity contribution in [2.45, 2.75) is 52.1 Å². The number of benzene rings is 2. The molecule has 0 heterocycles. The van der Waals surface area contributed by atoms with E-state index in [9.17, 15) is 13.2 Å². The molecule has 0 aliphatic rings. The van der Waals surface area contributed by atoms with Gasteiger partial charge in [0.25, 0.3) is 0 Å². The zero-order chi connectivity index (χ0) is 20.7. The standard InChI is InChI=1S/C22H30N2O3S/c1-5-21(24(28(4,26)27)20-13-9-10-17(2)16-20)22(25)23-18(3)14-15-19-11-7-6-8-12-19/h6-13,16,18,21H,5,14-15H2,1-4H3,(H,23,25)/t18-,21+/m0/s1. The minimum Gasteiger partial charge on any atom is -0.352 e. The molecule has 0 bridgehead atoms. The second-order valence-electron chi connectivity index (χ2n) is 7.26. The lowest BCUT2D eigenvalue weighted by atomic mass is 10.1. The van der Waals surface area contributed by atoms with Gasteiger partial charge in [-0.25, -0.2) is 8.42 Å². The Labute approximate surface area is 168 Å². The van der Waals surface area contributed by atoms with Gasteiger partial charge in [0, 0.05) is 6.04 Å². The average Bonchev–Trinajstić information content (AvgIpc) is 2.64. The number of aryl methyl sites for hydroxylation is 2. The molecule has 1 N–H and O–H groups in total. The number of nitrogens with one attached hydrogen (secondary N) is 1. The van der Waals surface area contributed by atoms with E-state index in [1.54, 1.807) is 18.2 Å². The summed E-state index contributed by atoms with van der Waals surface area (Å²) in [5.74, 6) is -0.269. The average molecular weight is 403 g/mol. The van der Waals surface area contributed by atoms with Gasteiger partial charge in [0.1, 0.15) is 6.04 Å². The van der Waals surface area contributed by atoms with Gasteiger partial charge in [-0.05, 0) is 56.4 Å². The fourth-order valence-electron chi connectivity index (χ4n) is 3.26. The molecule has 152 valence electrons. The third-order valence-electron chi connectivity index (χ3n) is 4.68. The molecule has 0 aliphatic heterocycles. The number of anilines is 1. The van der Waals surface area contributed by atoms with E-state index in [0.29, 0.717) is 12.1 Å². The van der Waals surface area contributed by atoms with E-state index >= 15 is 0 Å². The molecule has 1 amide bonds. The van der Waals surface area contributed by atoms with Gasteiger partial charge >= 0.3 is 0 Å². The Hall–Kier alpha value is -2.34. The fourth-order valence-corrected chi connectivity index (χ4v) is 4.47. The number of carbonyl (C=O) groups is 1. The number of carbonyl (C=O) groups excluding carboxylic acids is 1. The molecule has 28 heavy (non-hydrogen) atoms. The van der Waals surface area contributed by atoms with Crippen LogP contribution in [-0.4, -0.2) is 32.7 Å². The number of amides is 1. The van der Waals surface area contributed by atoms with Crippen molar-refractivity contribution >= 4 is 21.6 Å². The molecule has 2 rings (SSSR count). The fraction of sp³-hybridized carbons (Fsp3) is 0.409. The summed E-state index contributed by atoms with van der Waals surface area (Å²) in [6.07, 6.45) is 3.17. The Balaban J connectivity index is 2.12. The Bertz CT molecular complexity index is 882. The summed E-state index contributed by atoms with van der Waals surface area (Å²) in [5, 5.41) is 2.99. The molecule has 0 saturated carbocycles. The summed E-state index contributed by atoms with van der Waals surface area (Å²) in [6.45, 7) is 5.68. The van der Waals surface area contributed by atoms with Crippen LogP contribution in [0.15, 0.2) is 54.6 Å². The Kier molecular flexibility index (Phi) is 7.63. The van der Waals surface area contributed by atoms with E-state index in [-0.39, 0.29) is 11.9 Å². The van der Waals surface area contributed by atoms with Crippen molar-refractivity contribution in [1.29, 1.82) is 0 Å². The highest BCUT2D eigenvalue weighted by Crippen LogP contribution is 2.23. The van der Waals surface area contributed by atoms with Crippen molar-refractivity contribution in [2.24, 2.45) is 0 Å². The molecule has 0 unspecified atom stereocenters. The zero-order valence-corrected chi connectivity index (χ0v) is 17.9. The number of hydrogen-bond donors (Lipinski definition) is 1. The summed E-state index contributed by atoms with van der Waals surface area (Å²) in [5.41, 5.74) is 2.67. The molecular weight excluding hydrogens is 372 g/mol. The number of sulfonamides is 1. The number of hydrogen-bond acceptors (Lipinski definition) is 3. The van der Waals surface area contributed by atoms with Crippen LogP contribution in [0.25, 0.3) is 0 Å². The van der Waals surface area contributed by atoms with Gasteiger partial charge < -0.3 is 5.32 Å².